The summed E-state index contributed by atoms with van der Waals surface area (Å²) < 4.78 is 5.88. The number of hydrogen-bond acceptors (Lipinski definition) is 4. The van der Waals surface area contributed by atoms with Gasteiger partial charge in [-0.05, 0) is 31.6 Å². The van der Waals surface area contributed by atoms with Gasteiger partial charge in [0, 0.05) is 37.1 Å². The number of imide groups is 1. The summed E-state index contributed by atoms with van der Waals surface area (Å²) >= 11 is 0. The van der Waals surface area contributed by atoms with Gasteiger partial charge in [0.15, 0.2) is 5.96 Å². The Labute approximate surface area is 172 Å². The van der Waals surface area contributed by atoms with Crippen LogP contribution in [0.1, 0.15) is 33.6 Å². The van der Waals surface area contributed by atoms with Gasteiger partial charge in [-0.2, -0.15) is 0 Å². The lowest BCUT2D eigenvalue weighted by atomic mass is 9.57. The molecule has 0 aromatic heterocycles. The summed E-state index contributed by atoms with van der Waals surface area (Å²) in [6.45, 7) is 8.92. The van der Waals surface area contributed by atoms with Crippen molar-refractivity contribution >= 4 is 17.8 Å². The average Bonchev–Trinajstić information content (AvgIpc) is 3.45. The van der Waals surface area contributed by atoms with E-state index in [0.29, 0.717) is 31.2 Å². The number of carbonyl (C=O) groups excluding carboxylic acids is 2. The average molecular weight is 401 g/mol. The molecule has 2 aliphatic heterocycles. The molecule has 2 saturated carbocycles. The number of rotatable bonds is 5. The van der Waals surface area contributed by atoms with Crippen LogP contribution in [-0.2, 0) is 14.3 Å². The van der Waals surface area contributed by atoms with E-state index in [9.17, 15) is 9.59 Å². The molecule has 7 unspecified atom stereocenters. The van der Waals surface area contributed by atoms with Gasteiger partial charge in [-0.1, -0.05) is 26.0 Å². The molecule has 7 heteroatoms. The highest BCUT2D eigenvalue weighted by Gasteiger charge is 2.60. The summed E-state index contributed by atoms with van der Waals surface area (Å²) in [6.07, 6.45) is 6.64. The van der Waals surface area contributed by atoms with Crippen LogP contribution in [0.4, 0.5) is 0 Å². The number of amides is 2. The van der Waals surface area contributed by atoms with Crippen LogP contribution in [-0.4, -0.2) is 61.1 Å². The van der Waals surface area contributed by atoms with Gasteiger partial charge in [0.05, 0.1) is 24.5 Å². The molecule has 0 radical (unpaired) electrons. The van der Waals surface area contributed by atoms with Crippen LogP contribution in [0.5, 0.6) is 0 Å². The zero-order chi connectivity index (χ0) is 20.3. The van der Waals surface area contributed by atoms with Crippen molar-refractivity contribution < 1.29 is 14.3 Å². The van der Waals surface area contributed by atoms with Crippen LogP contribution in [0.3, 0.4) is 0 Å². The van der Waals surface area contributed by atoms with Crippen molar-refractivity contribution in [1.29, 1.82) is 0 Å². The maximum Gasteiger partial charge on any atom is 0.233 e. The Kier molecular flexibility index (Phi) is 4.49. The molecular formula is C22H32N4O3. The normalized spacial score (nSPS) is 41.6. The molecule has 0 aromatic carbocycles. The van der Waals surface area contributed by atoms with Crippen molar-refractivity contribution in [3.63, 3.8) is 0 Å². The molecule has 5 rings (SSSR count). The second-order valence-corrected chi connectivity index (χ2v) is 9.78. The lowest BCUT2D eigenvalue weighted by Crippen LogP contribution is -2.68. The third kappa shape index (κ3) is 2.76. The van der Waals surface area contributed by atoms with Crippen molar-refractivity contribution in [3.05, 3.63) is 12.2 Å². The molecule has 0 aromatic rings. The van der Waals surface area contributed by atoms with Crippen LogP contribution in [0, 0.1) is 35.0 Å². The van der Waals surface area contributed by atoms with Crippen LogP contribution in [0.15, 0.2) is 17.1 Å². The molecule has 2 amide bonds. The first kappa shape index (κ1) is 19.1. The van der Waals surface area contributed by atoms with Gasteiger partial charge >= 0.3 is 0 Å². The van der Waals surface area contributed by atoms with Gasteiger partial charge < -0.3 is 15.4 Å². The number of nitrogens with one attached hydrogen (secondary N) is 2. The third-order valence-corrected chi connectivity index (χ3v) is 7.89. The second-order valence-electron chi connectivity index (χ2n) is 9.78. The highest BCUT2D eigenvalue weighted by Crippen LogP contribution is 2.53. The number of nitrogens with zero attached hydrogens (tertiary/aromatic N) is 2. The van der Waals surface area contributed by atoms with Gasteiger partial charge in [-0.3, -0.25) is 19.5 Å². The van der Waals surface area contributed by atoms with E-state index in [1.807, 2.05) is 6.92 Å². The largest absolute Gasteiger partial charge is 0.377 e. The number of guanidine groups is 1. The highest BCUT2D eigenvalue weighted by atomic mass is 16.5. The van der Waals surface area contributed by atoms with Crippen molar-refractivity contribution in [2.45, 2.75) is 45.8 Å². The lowest BCUT2D eigenvalue weighted by molar-refractivity contribution is -0.140. The summed E-state index contributed by atoms with van der Waals surface area (Å²) in [6, 6.07) is 0.323. The van der Waals surface area contributed by atoms with Gasteiger partial charge in [-0.15, -0.1) is 0 Å². The fourth-order valence-electron chi connectivity index (χ4n) is 6.53. The Bertz CT molecular complexity index is 746. The number of hydrogen-bond donors (Lipinski definition) is 2. The zero-order valence-corrected chi connectivity index (χ0v) is 17.6. The fraction of sp³-hybridized carbons (Fsp3) is 0.773. The van der Waals surface area contributed by atoms with E-state index >= 15 is 0 Å². The molecule has 29 heavy (non-hydrogen) atoms. The number of allylic oxidation sites excluding steroid dienone is 2. The topological polar surface area (TPSA) is 83.0 Å². The summed E-state index contributed by atoms with van der Waals surface area (Å²) in [5.41, 5.74) is 0.0714. The molecule has 0 spiro atoms. The van der Waals surface area contributed by atoms with E-state index in [4.69, 9.17) is 4.74 Å². The van der Waals surface area contributed by atoms with Crippen LogP contribution in [0.25, 0.3) is 0 Å². The van der Waals surface area contributed by atoms with Gasteiger partial charge in [0.2, 0.25) is 11.8 Å². The van der Waals surface area contributed by atoms with Crippen molar-refractivity contribution in [1.82, 2.24) is 15.5 Å². The summed E-state index contributed by atoms with van der Waals surface area (Å²) in [4.78, 5) is 31.8. The summed E-state index contributed by atoms with van der Waals surface area (Å²) in [5, 5.41) is 6.90. The minimum atomic E-state index is -0.122. The van der Waals surface area contributed by atoms with E-state index in [1.54, 1.807) is 0 Å². The van der Waals surface area contributed by atoms with Crippen molar-refractivity contribution in [2.24, 2.45) is 40.0 Å². The fourth-order valence-corrected chi connectivity index (χ4v) is 6.53. The van der Waals surface area contributed by atoms with Gasteiger partial charge in [0.25, 0.3) is 0 Å². The van der Waals surface area contributed by atoms with Crippen molar-refractivity contribution in [3.8, 4) is 0 Å². The molecule has 2 bridgehead atoms. The lowest BCUT2D eigenvalue weighted by Gasteiger charge is -2.54. The number of aliphatic imine (C=N–C) groups is 1. The first-order valence-electron chi connectivity index (χ1n) is 11.1. The molecule has 4 fully saturated rings. The zero-order valence-electron chi connectivity index (χ0n) is 17.6. The smallest absolute Gasteiger partial charge is 0.233 e. The molecule has 7 nitrogen and oxygen atoms in total. The number of fused-ring (bicyclic) bond motifs is 6. The number of carbonyl (C=O) groups is 2. The second kappa shape index (κ2) is 6.83. The quantitative estimate of drug-likeness (QED) is 0.313. The Morgan fingerprint density at radius 1 is 1.24 bits per heavy atom. The molecule has 2 saturated heterocycles. The maximum atomic E-state index is 12.8. The summed E-state index contributed by atoms with van der Waals surface area (Å²) in [7, 11) is 0. The SMILES string of the molecule is CCNC(=NCCN1C(=O)C2C3C=CC(C3)C2C1=O)NC1C2CCOC2C1(C)C. The van der Waals surface area contributed by atoms with Crippen LogP contribution >= 0.6 is 0 Å². The Hall–Kier alpha value is -1.89. The molecule has 2 heterocycles. The maximum absolute atomic E-state index is 12.8. The first-order chi connectivity index (χ1) is 13.9. The van der Waals surface area contributed by atoms with Crippen LogP contribution < -0.4 is 10.6 Å². The van der Waals surface area contributed by atoms with Gasteiger partial charge in [0.1, 0.15) is 0 Å². The standard InChI is InChI=1S/C22H32N4O3/c1-4-23-21(25-17-14-7-10-29-18(14)22(17,2)3)24-8-9-26-19(27)15-12-5-6-13(11-12)16(15)20(26)28/h5-6,12-18H,4,7-11H2,1-3H3,(H2,23,24,25). The van der Waals surface area contributed by atoms with Crippen molar-refractivity contribution in [2.75, 3.05) is 26.2 Å². The molecule has 3 aliphatic carbocycles. The minimum Gasteiger partial charge on any atom is -0.377 e. The predicted molar refractivity (Wildman–Crippen MR) is 109 cm³/mol. The molecule has 7 atom stereocenters. The minimum absolute atomic E-state index is 0.0103. The monoisotopic (exact) mass is 400 g/mol. The Morgan fingerprint density at radius 2 is 1.93 bits per heavy atom. The molecule has 158 valence electrons. The molecule has 5 aliphatic rings. The highest BCUT2D eigenvalue weighted by molar-refractivity contribution is 6.06. The van der Waals surface area contributed by atoms with Crippen LogP contribution in [0.2, 0.25) is 0 Å². The number of ether oxygens (including phenoxy) is 1. The Balaban J connectivity index is 1.22. The molecule has 2 N–H and O–H groups in total. The van der Waals surface area contributed by atoms with E-state index < -0.39 is 0 Å². The third-order valence-electron chi connectivity index (χ3n) is 7.89. The molecular weight excluding hydrogens is 368 g/mol. The Morgan fingerprint density at radius 3 is 2.59 bits per heavy atom. The predicted octanol–water partition coefficient (Wildman–Crippen LogP) is 1.16. The van der Waals surface area contributed by atoms with E-state index in [2.05, 4.69) is 41.6 Å². The van der Waals surface area contributed by atoms with E-state index in [-0.39, 0.29) is 40.9 Å². The van der Waals surface area contributed by atoms with Gasteiger partial charge in [-0.25, -0.2) is 0 Å². The van der Waals surface area contributed by atoms with E-state index in [1.165, 1.54) is 4.90 Å². The first-order valence-corrected chi connectivity index (χ1v) is 11.1. The van der Waals surface area contributed by atoms with E-state index in [0.717, 1.165) is 32.0 Å². The summed E-state index contributed by atoms with van der Waals surface area (Å²) in [5.74, 6) is 1.58. The number of likely N-dealkylation sites (tertiary alicyclic amines) is 1.